The summed E-state index contributed by atoms with van der Waals surface area (Å²) in [4.78, 5) is 29.7. The molecule has 0 bridgehead atoms. The van der Waals surface area contributed by atoms with E-state index in [1.165, 1.54) is 0 Å². The number of amides is 2. The van der Waals surface area contributed by atoms with Gasteiger partial charge in [-0.25, -0.2) is 4.98 Å². The predicted molar refractivity (Wildman–Crippen MR) is 109 cm³/mol. The summed E-state index contributed by atoms with van der Waals surface area (Å²) in [5.74, 6) is -0.570. The number of aryl methyl sites for hydroxylation is 1. The maximum Gasteiger partial charge on any atom is 0.251 e. The molecule has 2 amide bonds. The van der Waals surface area contributed by atoms with E-state index in [-0.39, 0.29) is 24.3 Å². The quantitative estimate of drug-likeness (QED) is 0.668. The van der Waals surface area contributed by atoms with Gasteiger partial charge >= 0.3 is 0 Å². The van der Waals surface area contributed by atoms with E-state index in [1.807, 2.05) is 49.6 Å². The number of halogens is 1. The Bertz CT molecular complexity index is 1010. The lowest BCUT2D eigenvalue weighted by Crippen LogP contribution is -2.49. The SMILES string of the molecule is Cc1cccc(C(=O)NC(C(=O)NCc2cn3cc(Cl)ccc3n2)C(C)C)c1. The number of aromatic nitrogens is 2. The smallest absolute Gasteiger partial charge is 0.251 e. The van der Waals surface area contributed by atoms with Gasteiger partial charge in [-0.1, -0.05) is 43.1 Å². The highest BCUT2D eigenvalue weighted by Gasteiger charge is 2.24. The molecule has 0 fully saturated rings. The fourth-order valence-corrected chi connectivity index (χ4v) is 3.10. The van der Waals surface area contributed by atoms with Crippen molar-refractivity contribution in [3.8, 4) is 0 Å². The van der Waals surface area contributed by atoms with Gasteiger partial charge < -0.3 is 15.0 Å². The minimum Gasteiger partial charge on any atom is -0.349 e. The fourth-order valence-electron chi connectivity index (χ4n) is 2.94. The Morgan fingerprint density at radius 2 is 1.96 bits per heavy atom. The van der Waals surface area contributed by atoms with Gasteiger partial charge in [-0.05, 0) is 37.1 Å². The Hall–Kier alpha value is -2.86. The number of nitrogens with one attached hydrogen (secondary N) is 2. The number of carbonyl (C=O) groups excluding carboxylic acids is 2. The molecule has 2 aromatic heterocycles. The van der Waals surface area contributed by atoms with Gasteiger partial charge in [0.25, 0.3) is 5.91 Å². The minimum absolute atomic E-state index is 0.0614. The van der Waals surface area contributed by atoms with E-state index in [0.29, 0.717) is 16.3 Å². The van der Waals surface area contributed by atoms with Crippen LogP contribution in [0.4, 0.5) is 0 Å². The lowest BCUT2D eigenvalue weighted by Gasteiger charge is -2.21. The predicted octanol–water partition coefficient (Wildman–Crippen LogP) is 3.37. The monoisotopic (exact) mass is 398 g/mol. The molecule has 6 nitrogen and oxygen atoms in total. The second-order valence-electron chi connectivity index (χ2n) is 7.13. The summed E-state index contributed by atoms with van der Waals surface area (Å²) < 4.78 is 1.81. The standard InChI is InChI=1S/C21H23ClN4O2/c1-13(2)19(25-20(27)15-6-4-5-14(3)9-15)21(28)23-10-17-12-26-11-16(22)7-8-18(26)24-17/h4-9,11-13,19H,10H2,1-3H3,(H,23,28)(H,25,27). The first-order valence-corrected chi connectivity index (χ1v) is 9.49. The van der Waals surface area contributed by atoms with Crippen LogP contribution in [-0.4, -0.2) is 27.2 Å². The highest BCUT2D eigenvalue weighted by Crippen LogP contribution is 2.12. The largest absolute Gasteiger partial charge is 0.349 e. The first-order chi connectivity index (χ1) is 13.3. The number of pyridine rings is 1. The van der Waals surface area contributed by atoms with Crippen molar-refractivity contribution in [3.05, 3.63) is 70.6 Å². The number of nitrogens with zero attached hydrogens (tertiary/aromatic N) is 2. The summed E-state index contributed by atoms with van der Waals surface area (Å²) in [6.07, 6.45) is 3.57. The first-order valence-electron chi connectivity index (χ1n) is 9.12. The number of hydrogen-bond acceptors (Lipinski definition) is 3. The molecule has 0 spiro atoms. The zero-order valence-electron chi connectivity index (χ0n) is 16.1. The van der Waals surface area contributed by atoms with Crippen LogP contribution < -0.4 is 10.6 Å². The van der Waals surface area contributed by atoms with Crippen LogP contribution in [0.25, 0.3) is 5.65 Å². The van der Waals surface area contributed by atoms with Gasteiger partial charge in [0.05, 0.1) is 17.3 Å². The lowest BCUT2D eigenvalue weighted by atomic mass is 10.0. The third kappa shape index (κ3) is 4.70. The first kappa shape index (κ1) is 19.9. The fraction of sp³-hybridized carbons (Fsp3) is 0.286. The van der Waals surface area contributed by atoms with Crippen LogP contribution in [0, 0.1) is 12.8 Å². The van der Waals surface area contributed by atoms with E-state index in [0.717, 1.165) is 11.2 Å². The molecular weight excluding hydrogens is 376 g/mol. The van der Waals surface area contributed by atoms with Crippen LogP contribution in [0.5, 0.6) is 0 Å². The summed E-state index contributed by atoms with van der Waals surface area (Å²) in [6, 6.07) is 10.2. The molecule has 7 heteroatoms. The van der Waals surface area contributed by atoms with Gasteiger partial charge in [-0.3, -0.25) is 9.59 Å². The molecule has 0 aliphatic carbocycles. The van der Waals surface area contributed by atoms with Gasteiger partial charge in [0.15, 0.2) is 0 Å². The normalized spacial score (nSPS) is 12.2. The highest BCUT2D eigenvalue weighted by molar-refractivity contribution is 6.30. The van der Waals surface area contributed by atoms with Crippen LogP contribution in [0.3, 0.4) is 0 Å². The molecule has 0 saturated heterocycles. The summed E-state index contributed by atoms with van der Waals surface area (Å²) in [6.45, 7) is 5.98. The molecule has 0 aliphatic rings. The molecule has 146 valence electrons. The van der Waals surface area contributed by atoms with E-state index in [4.69, 9.17) is 11.6 Å². The van der Waals surface area contributed by atoms with Crippen molar-refractivity contribution >= 4 is 29.1 Å². The van der Waals surface area contributed by atoms with E-state index in [2.05, 4.69) is 15.6 Å². The van der Waals surface area contributed by atoms with Crippen molar-refractivity contribution in [2.45, 2.75) is 33.4 Å². The molecule has 2 N–H and O–H groups in total. The van der Waals surface area contributed by atoms with Crippen LogP contribution in [0.2, 0.25) is 5.02 Å². The van der Waals surface area contributed by atoms with Crippen molar-refractivity contribution in [2.24, 2.45) is 5.92 Å². The van der Waals surface area contributed by atoms with E-state index in [1.54, 1.807) is 24.4 Å². The van der Waals surface area contributed by atoms with Crippen molar-refractivity contribution in [2.75, 3.05) is 0 Å². The summed E-state index contributed by atoms with van der Waals surface area (Å²) >= 11 is 5.98. The Kier molecular flexibility index (Phi) is 5.99. The van der Waals surface area contributed by atoms with Crippen molar-refractivity contribution in [3.63, 3.8) is 0 Å². The van der Waals surface area contributed by atoms with E-state index < -0.39 is 6.04 Å². The Balaban J connectivity index is 1.66. The molecule has 3 rings (SSSR count). The van der Waals surface area contributed by atoms with E-state index in [9.17, 15) is 9.59 Å². The van der Waals surface area contributed by atoms with Crippen LogP contribution in [-0.2, 0) is 11.3 Å². The van der Waals surface area contributed by atoms with Crippen molar-refractivity contribution < 1.29 is 9.59 Å². The number of hydrogen-bond donors (Lipinski definition) is 2. The molecule has 1 atom stereocenters. The number of rotatable bonds is 6. The molecule has 0 saturated carbocycles. The number of benzene rings is 1. The molecule has 2 heterocycles. The van der Waals surface area contributed by atoms with Crippen LogP contribution in [0.15, 0.2) is 48.8 Å². The molecule has 1 aromatic carbocycles. The maximum absolute atomic E-state index is 12.7. The second kappa shape index (κ2) is 8.44. The average Bonchev–Trinajstić information content (AvgIpc) is 3.05. The maximum atomic E-state index is 12.7. The third-order valence-corrected chi connectivity index (χ3v) is 4.65. The Morgan fingerprint density at radius 3 is 2.68 bits per heavy atom. The minimum atomic E-state index is -0.639. The molecule has 3 aromatic rings. The van der Waals surface area contributed by atoms with Gasteiger partial charge in [0, 0.05) is 18.0 Å². The topological polar surface area (TPSA) is 75.5 Å². The third-order valence-electron chi connectivity index (χ3n) is 4.42. The van der Waals surface area contributed by atoms with Gasteiger partial charge in [-0.2, -0.15) is 0 Å². The summed E-state index contributed by atoms with van der Waals surface area (Å²) in [5, 5.41) is 6.31. The Labute approximate surface area is 168 Å². The van der Waals surface area contributed by atoms with Crippen LogP contribution in [0.1, 0.15) is 35.5 Å². The van der Waals surface area contributed by atoms with Gasteiger partial charge in [-0.15, -0.1) is 0 Å². The number of imidazole rings is 1. The van der Waals surface area contributed by atoms with Gasteiger partial charge in [0.1, 0.15) is 11.7 Å². The summed E-state index contributed by atoms with van der Waals surface area (Å²) in [7, 11) is 0. The van der Waals surface area contributed by atoms with Crippen molar-refractivity contribution in [1.29, 1.82) is 0 Å². The number of carbonyl (C=O) groups is 2. The zero-order valence-corrected chi connectivity index (χ0v) is 16.8. The molecule has 0 radical (unpaired) electrons. The number of fused-ring (bicyclic) bond motifs is 1. The second-order valence-corrected chi connectivity index (χ2v) is 7.56. The lowest BCUT2D eigenvalue weighted by molar-refractivity contribution is -0.124. The molecule has 1 unspecified atom stereocenters. The van der Waals surface area contributed by atoms with Crippen molar-refractivity contribution in [1.82, 2.24) is 20.0 Å². The summed E-state index contributed by atoms with van der Waals surface area (Å²) in [5.41, 5.74) is 2.99. The van der Waals surface area contributed by atoms with Gasteiger partial charge in [0.2, 0.25) is 5.91 Å². The zero-order chi connectivity index (χ0) is 20.3. The molecule has 28 heavy (non-hydrogen) atoms. The molecular formula is C21H23ClN4O2. The average molecular weight is 399 g/mol. The van der Waals surface area contributed by atoms with Crippen LogP contribution >= 0.6 is 11.6 Å². The highest BCUT2D eigenvalue weighted by atomic mass is 35.5. The Morgan fingerprint density at radius 1 is 1.18 bits per heavy atom. The molecule has 0 aliphatic heterocycles. The van der Waals surface area contributed by atoms with E-state index >= 15 is 0 Å².